The van der Waals surface area contributed by atoms with Gasteiger partial charge in [0, 0.05) is 26.5 Å². The number of anilines is 4. The molecule has 3 rings (SSSR count). The van der Waals surface area contributed by atoms with E-state index in [9.17, 15) is 9.90 Å². The standard InChI is InChI=1S/C13H12N4O2/c1-16-9-4-3-6-14-11(9)17(2)12-10(16)8(13(18)19)5-7-15-12/h3-7H,1-2H3,(H,18,19). The summed E-state index contributed by atoms with van der Waals surface area (Å²) < 4.78 is 0. The van der Waals surface area contributed by atoms with Crippen molar-refractivity contribution in [3.05, 3.63) is 36.2 Å². The van der Waals surface area contributed by atoms with Gasteiger partial charge < -0.3 is 14.9 Å². The van der Waals surface area contributed by atoms with Crippen LogP contribution < -0.4 is 9.80 Å². The van der Waals surface area contributed by atoms with Crippen LogP contribution in [0.3, 0.4) is 0 Å². The van der Waals surface area contributed by atoms with Crippen LogP contribution in [0.5, 0.6) is 0 Å². The third-order valence-corrected chi connectivity index (χ3v) is 3.23. The molecule has 3 heterocycles. The van der Waals surface area contributed by atoms with Crippen molar-refractivity contribution in [2.24, 2.45) is 0 Å². The highest BCUT2D eigenvalue weighted by atomic mass is 16.4. The predicted molar refractivity (Wildman–Crippen MR) is 71.6 cm³/mol. The van der Waals surface area contributed by atoms with Crippen LogP contribution >= 0.6 is 0 Å². The first-order valence-electron chi connectivity index (χ1n) is 5.76. The maximum absolute atomic E-state index is 11.3. The van der Waals surface area contributed by atoms with Crippen LogP contribution in [0.2, 0.25) is 0 Å². The normalized spacial score (nSPS) is 12.9. The number of fused-ring (bicyclic) bond motifs is 2. The van der Waals surface area contributed by atoms with E-state index in [0.29, 0.717) is 11.5 Å². The molecule has 0 unspecified atom stereocenters. The second kappa shape index (κ2) is 3.94. The molecule has 0 spiro atoms. The number of carboxylic acid groups (broad SMARTS) is 1. The molecule has 6 heteroatoms. The number of carbonyl (C=O) groups is 1. The van der Waals surface area contributed by atoms with E-state index >= 15 is 0 Å². The molecule has 0 atom stereocenters. The lowest BCUT2D eigenvalue weighted by molar-refractivity contribution is 0.0697. The second-order valence-corrected chi connectivity index (χ2v) is 4.30. The van der Waals surface area contributed by atoms with Gasteiger partial charge in [0.1, 0.15) is 0 Å². The van der Waals surface area contributed by atoms with Crippen molar-refractivity contribution >= 4 is 29.0 Å². The van der Waals surface area contributed by atoms with E-state index in [1.165, 1.54) is 12.3 Å². The molecule has 6 nitrogen and oxygen atoms in total. The zero-order valence-electron chi connectivity index (χ0n) is 10.5. The number of aromatic nitrogens is 2. The molecule has 1 aliphatic heterocycles. The molecule has 0 radical (unpaired) electrons. The van der Waals surface area contributed by atoms with E-state index < -0.39 is 5.97 Å². The van der Waals surface area contributed by atoms with Crippen molar-refractivity contribution < 1.29 is 9.90 Å². The first-order valence-corrected chi connectivity index (χ1v) is 5.76. The summed E-state index contributed by atoms with van der Waals surface area (Å²) in [6, 6.07) is 5.23. The third kappa shape index (κ3) is 1.53. The SMILES string of the molecule is CN1c2ncccc2N(C)c2c(C(=O)O)ccnc21. The Bertz CT molecular complexity index is 671. The molecule has 0 saturated carbocycles. The number of pyridine rings is 2. The summed E-state index contributed by atoms with van der Waals surface area (Å²) in [6.07, 6.45) is 3.20. The van der Waals surface area contributed by atoms with Crippen LogP contribution in [0, 0.1) is 0 Å². The molecule has 0 aliphatic carbocycles. The van der Waals surface area contributed by atoms with Crippen LogP contribution in [-0.4, -0.2) is 35.1 Å². The van der Waals surface area contributed by atoms with Crippen LogP contribution in [-0.2, 0) is 0 Å². The maximum Gasteiger partial charge on any atom is 0.338 e. The lowest BCUT2D eigenvalue weighted by Crippen LogP contribution is -2.27. The van der Waals surface area contributed by atoms with E-state index in [0.717, 1.165) is 11.5 Å². The average molecular weight is 256 g/mol. The molecule has 0 bridgehead atoms. The number of carboxylic acids is 1. The first kappa shape index (κ1) is 11.5. The minimum Gasteiger partial charge on any atom is -0.478 e. The van der Waals surface area contributed by atoms with Crippen molar-refractivity contribution in [2.75, 3.05) is 23.9 Å². The summed E-state index contributed by atoms with van der Waals surface area (Å²) in [4.78, 5) is 23.6. The van der Waals surface area contributed by atoms with Gasteiger partial charge >= 0.3 is 5.97 Å². The van der Waals surface area contributed by atoms with Crippen molar-refractivity contribution in [3.8, 4) is 0 Å². The largest absolute Gasteiger partial charge is 0.478 e. The highest BCUT2D eigenvalue weighted by molar-refractivity contribution is 6.02. The van der Waals surface area contributed by atoms with Crippen molar-refractivity contribution in [2.45, 2.75) is 0 Å². The Labute approximate surface area is 109 Å². The molecule has 0 saturated heterocycles. The van der Waals surface area contributed by atoms with Gasteiger partial charge in [-0.2, -0.15) is 0 Å². The van der Waals surface area contributed by atoms with Crippen LogP contribution in [0.1, 0.15) is 10.4 Å². The summed E-state index contributed by atoms with van der Waals surface area (Å²) in [5, 5.41) is 9.30. The molecule has 19 heavy (non-hydrogen) atoms. The second-order valence-electron chi connectivity index (χ2n) is 4.30. The number of hydrogen-bond acceptors (Lipinski definition) is 5. The van der Waals surface area contributed by atoms with E-state index in [1.807, 2.05) is 31.1 Å². The molecule has 0 fully saturated rings. The van der Waals surface area contributed by atoms with Gasteiger partial charge in [0.15, 0.2) is 11.6 Å². The Kier molecular flexibility index (Phi) is 2.38. The summed E-state index contributed by atoms with van der Waals surface area (Å²) in [7, 11) is 3.65. The van der Waals surface area contributed by atoms with E-state index in [1.54, 1.807) is 11.1 Å². The van der Waals surface area contributed by atoms with Crippen LogP contribution in [0.25, 0.3) is 0 Å². The number of rotatable bonds is 1. The van der Waals surface area contributed by atoms with Crippen molar-refractivity contribution in [3.63, 3.8) is 0 Å². The molecule has 2 aromatic heterocycles. The van der Waals surface area contributed by atoms with Gasteiger partial charge in [-0.25, -0.2) is 14.8 Å². The zero-order chi connectivity index (χ0) is 13.6. The van der Waals surface area contributed by atoms with Crippen LogP contribution in [0.15, 0.2) is 30.6 Å². The molecule has 1 N–H and O–H groups in total. The molecular formula is C13H12N4O2. The van der Waals surface area contributed by atoms with Gasteiger partial charge in [-0.3, -0.25) is 0 Å². The fourth-order valence-electron chi connectivity index (χ4n) is 2.32. The summed E-state index contributed by atoms with van der Waals surface area (Å²) in [6.45, 7) is 0. The Morgan fingerprint density at radius 3 is 2.58 bits per heavy atom. The average Bonchev–Trinajstić information content (AvgIpc) is 2.44. The Morgan fingerprint density at radius 2 is 1.84 bits per heavy atom. The minimum atomic E-state index is -0.966. The number of hydrogen-bond donors (Lipinski definition) is 1. The third-order valence-electron chi connectivity index (χ3n) is 3.23. The molecule has 96 valence electrons. The van der Waals surface area contributed by atoms with Crippen molar-refractivity contribution in [1.29, 1.82) is 0 Å². The quantitative estimate of drug-likeness (QED) is 0.841. The van der Waals surface area contributed by atoms with E-state index in [4.69, 9.17) is 0 Å². The Morgan fingerprint density at radius 1 is 1.11 bits per heavy atom. The monoisotopic (exact) mass is 256 g/mol. The summed E-state index contributed by atoms with van der Waals surface area (Å²) in [5.74, 6) is 0.382. The van der Waals surface area contributed by atoms with Gasteiger partial charge in [-0.1, -0.05) is 0 Å². The Hall–Kier alpha value is -2.63. The summed E-state index contributed by atoms with van der Waals surface area (Å²) >= 11 is 0. The molecule has 0 amide bonds. The number of nitrogens with zero attached hydrogens (tertiary/aromatic N) is 4. The predicted octanol–water partition coefficient (Wildman–Crippen LogP) is 2.02. The Balaban J connectivity index is 2.29. The lowest BCUT2D eigenvalue weighted by Gasteiger charge is -2.34. The topological polar surface area (TPSA) is 69.6 Å². The van der Waals surface area contributed by atoms with Gasteiger partial charge in [-0.15, -0.1) is 0 Å². The molecule has 0 aromatic carbocycles. The first-order chi connectivity index (χ1) is 9.11. The smallest absolute Gasteiger partial charge is 0.338 e. The number of aromatic carboxylic acids is 1. The maximum atomic E-state index is 11.3. The van der Waals surface area contributed by atoms with Gasteiger partial charge in [0.2, 0.25) is 0 Å². The molecular weight excluding hydrogens is 244 g/mol. The zero-order valence-corrected chi connectivity index (χ0v) is 10.5. The van der Waals surface area contributed by atoms with E-state index in [2.05, 4.69) is 9.97 Å². The van der Waals surface area contributed by atoms with Gasteiger partial charge in [-0.05, 0) is 18.2 Å². The minimum absolute atomic E-state index is 0.230. The highest BCUT2D eigenvalue weighted by Crippen LogP contribution is 2.45. The highest BCUT2D eigenvalue weighted by Gasteiger charge is 2.29. The van der Waals surface area contributed by atoms with E-state index in [-0.39, 0.29) is 5.56 Å². The fourth-order valence-corrected chi connectivity index (χ4v) is 2.32. The van der Waals surface area contributed by atoms with Gasteiger partial charge in [0.25, 0.3) is 0 Å². The van der Waals surface area contributed by atoms with Crippen LogP contribution in [0.4, 0.5) is 23.0 Å². The van der Waals surface area contributed by atoms with Gasteiger partial charge in [0.05, 0.1) is 16.9 Å². The molecule has 2 aromatic rings. The summed E-state index contributed by atoms with van der Waals surface area (Å²) in [5.41, 5.74) is 1.67. The molecule has 1 aliphatic rings. The fraction of sp³-hybridized carbons (Fsp3) is 0.154. The van der Waals surface area contributed by atoms with Crippen molar-refractivity contribution in [1.82, 2.24) is 9.97 Å². The lowest BCUT2D eigenvalue weighted by atomic mass is 10.1.